The van der Waals surface area contributed by atoms with Gasteiger partial charge in [0.2, 0.25) is 0 Å². The molecule has 0 aromatic carbocycles. The molecule has 0 bridgehead atoms. The summed E-state index contributed by atoms with van der Waals surface area (Å²) in [7, 11) is 0. The molecule has 74 valence electrons. The quantitative estimate of drug-likeness (QED) is 0.722. The van der Waals surface area contributed by atoms with Crippen molar-refractivity contribution in [3.05, 3.63) is 46.4 Å². The second-order valence-corrected chi connectivity index (χ2v) is 3.07. The summed E-state index contributed by atoms with van der Waals surface area (Å²) in [5.41, 5.74) is 0.626. The molecule has 0 unspecified atom stereocenters. The van der Waals surface area contributed by atoms with Crippen LogP contribution in [0.4, 0.5) is 0 Å². The monoisotopic (exact) mass is 193 g/mol. The fraction of sp³-hybridized carbons (Fsp3) is 0.200. The molecule has 0 saturated carbocycles. The fourth-order valence-electron chi connectivity index (χ4n) is 1.04. The normalized spacial score (nSPS) is 9.79. The third-order valence-corrected chi connectivity index (χ3v) is 1.84. The molecular formula is C10H11NO3. The topological polar surface area (TPSA) is 59.3 Å². The third-order valence-electron chi connectivity index (χ3n) is 1.84. The molecule has 14 heavy (non-hydrogen) atoms. The van der Waals surface area contributed by atoms with E-state index >= 15 is 0 Å². The van der Waals surface area contributed by atoms with Crippen molar-refractivity contribution in [2.75, 3.05) is 0 Å². The molecule has 1 rings (SSSR count). The first-order valence-corrected chi connectivity index (χ1v) is 4.08. The van der Waals surface area contributed by atoms with Gasteiger partial charge in [0, 0.05) is 29.6 Å². The Morgan fingerprint density at radius 1 is 1.64 bits per heavy atom. The van der Waals surface area contributed by atoms with Crippen LogP contribution in [0.3, 0.4) is 0 Å². The number of hydrogen-bond acceptors (Lipinski definition) is 2. The molecule has 0 radical (unpaired) electrons. The van der Waals surface area contributed by atoms with Crippen LogP contribution in [0.2, 0.25) is 0 Å². The highest BCUT2D eigenvalue weighted by molar-refractivity contribution is 5.85. The van der Waals surface area contributed by atoms with Crippen LogP contribution in [0.15, 0.2) is 35.4 Å². The van der Waals surface area contributed by atoms with Crippen molar-refractivity contribution in [2.45, 2.75) is 13.5 Å². The van der Waals surface area contributed by atoms with Gasteiger partial charge in [0.15, 0.2) is 5.43 Å². The number of aromatic nitrogens is 1. The van der Waals surface area contributed by atoms with E-state index in [0.717, 1.165) is 0 Å². The molecular weight excluding hydrogens is 182 g/mol. The van der Waals surface area contributed by atoms with E-state index in [9.17, 15) is 9.59 Å². The van der Waals surface area contributed by atoms with Crippen molar-refractivity contribution in [1.29, 1.82) is 0 Å². The molecule has 0 saturated heterocycles. The zero-order valence-corrected chi connectivity index (χ0v) is 7.86. The summed E-state index contributed by atoms with van der Waals surface area (Å²) in [6, 6.07) is 1.41. The average molecular weight is 193 g/mol. The van der Waals surface area contributed by atoms with Crippen LogP contribution in [0.5, 0.6) is 0 Å². The molecule has 1 heterocycles. The maximum absolute atomic E-state index is 11.0. The van der Waals surface area contributed by atoms with E-state index in [1.807, 2.05) is 0 Å². The number of pyridine rings is 1. The van der Waals surface area contributed by atoms with E-state index in [-0.39, 0.29) is 17.5 Å². The first-order valence-electron chi connectivity index (χ1n) is 4.08. The lowest BCUT2D eigenvalue weighted by molar-refractivity contribution is -0.132. The molecule has 4 nitrogen and oxygen atoms in total. The lowest BCUT2D eigenvalue weighted by atomic mass is 10.2. The number of carbonyl (C=O) groups is 1. The Balaban J connectivity index is 2.89. The molecule has 0 aliphatic carbocycles. The molecule has 1 aromatic heterocycles. The summed E-state index contributed by atoms with van der Waals surface area (Å²) < 4.78 is 1.62. The van der Waals surface area contributed by atoms with E-state index in [2.05, 4.69) is 6.58 Å². The van der Waals surface area contributed by atoms with E-state index in [0.29, 0.717) is 5.56 Å². The van der Waals surface area contributed by atoms with Crippen LogP contribution in [0.1, 0.15) is 5.56 Å². The minimum atomic E-state index is -1.03. The molecule has 0 aliphatic heterocycles. The van der Waals surface area contributed by atoms with Gasteiger partial charge in [-0.25, -0.2) is 4.79 Å². The summed E-state index contributed by atoms with van der Waals surface area (Å²) in [6.45, 7) is 5.28. The molecule has 0 atom stereocenters. The van der Waals surface area contributed by atoms with E-state index in [1.165, 1.54) is 6.07 Å². The standard InChI is InChI=1S/C10H11NO3/c1-7-5-11(4-3-9(7)12)6-8(2)10(13)14/h3-5H,2,6H2,1H3,(H,13,14). The lowest BCUT2D eigenvalue weighted by Crippen LogP contribution is -2.12. The number of carboxylic acids is 1. The highest BCUT2D eigenvalue weighted by atomic mass is 16.4. The van der Waals surface area contributed by atoms with Crippen molar-refractivity contribution in [2.24, 2.45) is 0 Å². The molecule has 0 aliphatic rings. The van der Waals surface area contributed by atoms with Gasteiger partial charge in [-0.1, -0.05) is 6.58 Å². The summed E-state index contributed by atoms with van der Waals surface area (Å²) in [5, 5.41) is 8.59. The zero-order chi connectivity index (χ0) is 10.7. The number of aliphatic carboxylic acids is 1. The Labute approximate surface area is 81.1 Å². The van der Waals surface area contributed by atoms with Gasteiger partial charge in [0.25, 0.3) is 0 Å². The van der Waals surface area contributed by atoms with Gasteiger partial charge in [0.1, 0.15) is 0 Å². The van der Waals surface area contributed by atoms with Crippen LogP contribution in [-0.2, 0) is 11.3 Å². The summed E-state index contributed by atoms with van der Waals surface area (Å²) >= 11 is 0. The second kappa shape index (κ2) is 3.91. The highest BCUT2D eigenvalue weighted by Gasteiger charge is 2.04. The zero-order valence-electron chi connectivity index (χ0n) is 7.86. The smallest absolute Gasteiger partial charge is 0.332 e. The van der Waals surface area contributed by atoms with Crippen LogP contribution >= 0.6 is 0 Å². The van der Waals surface area contributed by atoms with E-state index < -0.39 is 5.97 Å². The van der Waals surface area contributed by atoms with Gasteiger partial charge in [-0.3, -0.25) is 4.79 Å². The Kier molecular flexibility index (Phi) is 2.86. The largest absolute Gasteiger partial charge is 0.478 e. The number of hydrogen-bond donors (Lipinski definition) is 1. The first-order chi connectivity index (χ1) is 6.50. The van der Waals surface area contributed by atoms with Crippen LogP contribution < -0.4 is 5.43 Å². The number of carboxylic acid groups (broad SMARTS) is 1. The average Bonchev–Trinajstić information content (AvgIpc) is 2.11. The van der Waals surface area contributed by atoms with Crippen molar-refractivity contribution < 1.29 is 9.90 Å². The fourth-order valence-corrected chi connectivity index (χ4v) is 1.04. The lowest BCUT2D eigenvalue weighted by Gasteiger charge is -2.06. The van der Waals surface area contributed by atoms with Crippen molar-refractivity contribution in [3.63, 3.8) is 0 Å². The first kappa shape index (κ1) is 10.2. The van der Waals surface area contributed by atoms with Gasteiger partial charge < -0.3 is 9.67 Å². The predicted molar refractivity (Wildman–Crippen MR) is 52.2 cm³/mol. The van der Waals surface area contributed by atoms with Gasteiger partial charge in [-0.15, -0.1) is 0 Å². The summed E-state index contributed by atoms with van der Waals surface area (Å²) in [4.78, 5) is 21.5. The Bertz CT molecular complexity index is 431. The van der Waals surface area contributed by atoms with Gasteiger partial charge in [0.05, 0.1) is 6.54 Å². The molecule has 0 fully saturated rings. The molecule has 1 aromatic rings. The maximum Gasteiger partial charge on any atom is 0.332 e. The van der Waals surface area contributed by atoms with Gasteiger partial charge in [-0.2, -0.15) is 0 Å². The third kappa shape index (κ3) is 2.32. The van der Waals surface area contributed by atoms with Crippen LogP contribution in [0, 0.1) is 6.92 Å². The Morgan fingerprint density at radius 3 is 2.79 bits per heavy atom. The number of aryl methyl sites for hydroxylation is 1. The second-order valence-electron chi connectivity index (χ2n) is 3.07. The number of nitrogens with zero attached hydrogens (tertiary/aromatic N) is 1. The molecule has 0 spiro atoms. The highest BCUT2D eigenvalue weighted by Crippen LogP contribution is 1.98. The van der Waals surface area contributed by atoms with Gasteiger partial charge >= 0.3 is 5.97 Å². The van der Waals surface area contributed by atoms with Gasteiger partial charge in [-0.05, 0) is 6.92 Å². The molecule has 0 amide bonds. The SMILES string of the molecule is C=C(Cn1ccc(=O)c(C)c1)C(=O)O. The Hall–Kier alpha value is -1.84. The summed E-state index contributed by atoms with van der Waals surface area (Å²) in [6.07, 6.45) is 3.15. The maximum atomic E-state index is 11.0. The minimum absolute atomic E-state index is 0.0535. The number of rotatable bonds is 3. The minimum Gasteiger partial charge on any atom is -0.478 e. The van der Waals surface area contributed by atoms with Crippen LogP contribution in [0.25, 0.3) is 0 Å². The van der Waals surface area contributed by atoms with E-state index in [4.69, 9.17) is 5.11 Å². The van der Waals surface area contributed by atoms with Crippen molar-refractivity contribution in [3.8, 4) is 0 Å². The predicted octanol–water partition coefficient (Wildman–Crippen LogP) is 0.798. The van der Waals surface area contributed by atoms with Crippen molar-refractivity contribution >= 4 is 5.97 Å². The van der Waals surface area contributed by atoms with Crippen LogP contribution in [-0.4, -0.2) is 15.6 Å². The molecule has 1 N–H and O–H groups in total. The van der Waals surface area contributed by atoms with E-state index in [1.54, 1.807) is 23.9 Å². The summed E-state index contributed by atoms with van der Waals surface area (Å²) in [5.74, 6) is -1.03. The van der Waals surface area contributed by atoms with Crippen molar-refractivity contribution in [1.82, 2.24) is 4.57 Å². The molecule has 4 heteroatoms. The Morgan fingerprint density at radius 2 is 2.29 bits per heavy atom.